The molecule has 3 nitrogen and oxygen atoms in total. The van der Waals surface area contributed by atoms with E-state index in [1.54, 1.807) is 0 Å². The third kappa shape index (κ3) is 3.87. The highest BCUT2D eigenvalue weighted by Crippen LogP contribution is 2.44. The summed E-state index contributed by atoms with van der Waals surface area (Å²) in [6.07, 6.45) is 0. The average Bonchev–Trinajstić information content (AvgIpc) is 3.50. The molecule has 0 aliphatic rings. The van der Waals surface area contributed by atoms with Gasteiger partial charge in [-0.05, 0) is 51.2 Å². The molecule has 0 saturated heterocycles. The Bertz CT molecular complexity index is 2830. The lowest BCUT2D eigenvalue weighted by atomic mass is 9.93. The summed E-state index contributed by atoms with van der Waals surface area (Å²) in [6.45, 7) is 0. The molecule has 0 aliphatic carbocycles. The molecule has 0 aliphatic heterocycles. The summed E-state index contributed by atoms with van der Waals surface area (Å²) in [7, 11) is 0. The number of hydrogen-bond acceptors (Lipinski definition) is 2. The Morgan fingerprint density at radius 3 is 1.83 bits per heavy atom. The van der Waals surface area contributed by atoms with E-state index < -0.39 is 0 Å². The maximum absolute atomic E-state index is 5.19. The standard InChI is InChI=1S/C44H27N3/c1-3-14-29(15-4-1)42-37-27-31(24-26-38(37)45-44(46-42)30-16-5-2-6-17-30)47-39-22-12-11-21-35(39)41-34-20-10-9-19-33(34)40-32-18-8-7-13-28(32)23-25-36(40)43(41)47/h1-27H. The molecule has 47 heavy (non-hydrogen) atoms. The molecule has 10 aromatic rings. The highest BCUT2D eigenvalue weighted by Gasteiger charge is 2.21. The second kappa shape index (κ2) is 10.1. The molecule has 0 N–H and O–H groups in total. The van der Waals surface area contributed by atoms with Crippen LogP contribution < -0.4 is 0 Å². The van der Waals surface area contributed by atoms with Crippen LogP contribution in [-0.4, -0.2) is 14.5 Å². The van der Waals surface area contributed by atoms with Gasteiger partial charge >= 0.3 is 0 Å². The summed E-state index contributed by atoms with van der Waals surface area (Å²) in [5.41, 5.74) is 7.40. The van der Waals surface area contributed by atoms with Gasteiger partial charge in [-0.2, -0.15) is 0 Å². The number of para-hydroxylation sites is 1. The van der Waals surface area contributed by atoms with Gasteiger partial charge in [0.25, 0.3) is 0 Å². The maximum Gasteiger partial charge on any atom is 0.160 e. The van der Waals surface area contributed by atoms with Crippen LogP contribution in [0.5, 0.6) is 0 Å². The molecule has 8 aromatic carbocycles. The number of hydrogen-bond donors (Lipinski definition) is 0. The molecule has 2 aromatic heterocycles. The fourth-order valence-electron chi connectivity index (χ4n) is 7.50. The van der Waals surface area contributed by atoms with Crippen molar-refractivity contribution in [1.82, 2.24) is 14.5 Å². The molecular weight excluding hydrogens is 571 g/mol. The third-order valence-electron chi connectivity index (χ3n) is 9.54. The van der Waals surface area contributed by atoms with Gasteiger partial charge in [0, 0.05) is 38.4 Å². The molecule has 10 rings (SSSR count). The van der Waals surface area contributed by atoms with Crippen molar-refractivity contribution in [2.24, 2.45) is 0 Å². The van der Waals surface area contributed by atoms with E-state index in [9.17, 15) is 0 Å². The second-order valence-corrected chi connectivity index (χ2v) is 12.2. The zero-order valence-electron chi connectivity index (χ0n) is 25.4. The smallest absolute Gasteiger partial charge is 0.160 e. The van der Waals surface area contributed by atoms with Crippen LogP contribution in [0.25, 0.3) is 93.4 Å². The quantitative estimate of drug-likeness (QED) is 0.190. The summed E-state index contributed by atoms with van der Waals surface area (Å²) in [5, 5.41) is 11.1. The predicted molar refractivity (Wildman–Crippen MR) is 197 cm³/mol. The fraction of sp³-hybridized carbons (Fsp3) is 0. The number of fused-ring (bicyclic) bond motifs is 11. The van der Waals surface area contributed by atoms with Crippen molar-refractivity contribution in [2.45, 2.75) is 0 Å². The van der Waals surface area contributed by atoms with Crippen molar-refractivity contribution in [1.29, 1.82) is 0 Å². The van der Waals surface area contributed by atoms with Gasteiger partial charge in [-0.15, -0.1) is 0 Å². The lowest BCUT2D eigenvalue weighted by Crippen LogP contribution is -1.99. The molecule has 0 bridgehead atoms. The van der Waals surface area contributed by atoms with Gasteiger partial charge < -0.3 is 4.57 Å². The Morgan fingerprint density at radius 1 is 0.404 bits per heavy atom. The Labute approximate surface area is 271 Å². The minimum Gasteiger partial charge on any atom is -0.309 e. The minimum absolute atomic E-state index is 0.728. The SMILES string of the molecule is c1ccc(-c2nc(-c3ccccc3)c3cc(-n4c5ccccc5c5c6ccccc6c6c7ccccc7ccc6c54)ccc3n2)cc1. The summed E-state index contributed by atoms with van der Waals surface area (Å²) >= 11 is 0. The predicted octanol–water partition coefficient (Wildman–Crippen LogP) is 11.5. The molecular formula is C44H27N3. The van der Waals surface area contributed by atoms with Crippen LogP contribution in [0, 0.1) is 0 Å². The van der Waals surface area contributed by atoms with Crippen LogP contribution in [0.4, 0.5) is 0 Å². The molecule has 0 amide bonds. The highest BCUT2D eigenvalue weighted by molar-refractivity contribution is 6.36. The summed E-state index contributed by atoms with van der Waals surface area (Å²) < 4.78 is 2.45. The van der Waals surface area contributed by atoms with Gasteiger partial charge in [0.1, 0.15) is 0 Å². The second-order valence-electron chi connectivity index (χ2n) is 12.2. The molecule has 0 atom stereocenters. The van der Waals surface area contributed by atoms with E-state index in [2.05, 4.69) is 144 Å². The molecule has 0 fully saturated rings. The van der Waals surface area contributed by atoms with Crippen molar-refractivity contribution in [3.8, 4) is 28.3 Å². The monoisotopic (exact) mass is 597 g/mol. The van der Waals surface area contributed by atoms with E-state index in [-0.39, 0.29) is 0 Å². The first kappa shape index (κ1) is 26.0. The Hall–Kier alpha value is -6.32. The number of nitrogens with zero attached hydrogens (tertiary/aromatic N) is 3. The Kier molecular flexibility index (Phi) is 5.57. The van der Waals surface area contributed by atoms with Gasteiger partial charge in [0.05, 0.1) is 22.2 Å². The van der Waals surface area contributed by atoms with E-state index in [0.29, 0.717) is 0 Å². The van der Waals surface area contributed by atoms with Crippen molar-refractivity contribution in [3.63, 3.8) is 0 Å². The van der Waals surface area contributed by atoms with Crippen LogP contribution in [0.3, 0.4) is 0 Å². The first-order chi connectivity index (χ1) is 23.3. The zero-order chi connectivity index (χ0) is 30.9. The molecule has 3 heteroatoms. The van der Waals surface area contributed by atoms with Crippen LogP contribution in [-0.2, 0) is 0 Å². The number of rotatable bonds is 3. The van der Waals surface area contributed by atoms with E-state index in [0.717, 1.165) is 39.2 Å². The van der Waals surface area contributed by atoms with Crippen LogP contribution in [0.2, 0.25) is 0 Å². The topological polar surface area (TPSA) is 30.7 Å². The normalized spacial score (nSPS) is 11.8. The lowest BCUT2D eigenvalue weighted by Gasteiger charge is -2.15. The number of benzene rings is 8. The molecule has 218 valence electrons. The van der Waals surface area contributed by atoms with E-state index >= 15 is 0 Å². The molecule has 0 saturated carbocycles. The molecule has 0 unspecified atom stereocenters. The van der Waals surface area contributed by atoms with Gasteiger partial charge in [0.2, 0.25) is 0 Å². The van der Waals surface area contributed by atoms with Gasteiger partial charge in [-0.25, -0.2) is 9.97 Å². The van der Waals surface area contributed by atoms with Crippen LogP contribution >= 0.6 is 0 Å². The van der Waals surface area contributed by atoms with Gasteiger partial charge in [0.15, 0.2) is 5.82 Å². The van der Waals surface area contributed by atoms with Crippen molar-refractivity contribution < 1.29 is 0 Å². The average molecular weight is 598 g/mol. The summed E-state index contributed by atoms with van der Waals surface area (Å²) in [4.78, 5) is 10.3. The number of aromatic nitrogens is 3. The highest BCUT2D eigenvalue weighted by atomic mass is 15.0. The Balaban J connectivity index is 1.36. The van der Waals surface area contributed by atoms with Crippen LogP contribution in [0.1, 0.15) is 0 Å². The molecule has 0 radical (unpaired) electrons. The zero-order valence-corrected chi connectivity index (χ0v) is 25.4. The lowest BCUT2D eigenvalue weighted by molar-refractivity contribution is 1.18. The molecule has 2 heterocycles. The van der Waals surface area contributed by atoms with Gasteiger partial charge in [-0.1, -0.05) is 140 Å². The van der Waals surface area contributed by atoms with Crippen LogP contribution in [0.15, 0.2) is 164 Å². The first-order valence-electron chi connectivity index (χ1n) is 16.0. The summed E-state index contributed by atoms with van der Waals surface area (Å²) in [6, 6.07) is 58.3. The van der Waals surface area contributed by atoms with Crippen molar-refractivity contribution in [2.75, 3.05) is 0 Å². The molecule has 0 spiro atoms. The third-order valence-corrected chi connectivity index (χ3v) is 9.54. The van der Waals surface area contributed by atoms with Crippen molar-refractivity contribution in [3.05, 3.63) is 164 Å². The van der Waals surface area contributed by atoms with E-state index in [4.69, 9.17) is 9.97 Å². The van der Waals surface area contributed by atoms with E-state index in [1.807, 2.05) is 24.3 Å². The first-order valence-corrected chi connectivity index (χ1v) is 16.0. The fourth-order valence-corrected chi connectivity index (χ4v) is 7.50. The Morgan fingerprint density at radius 2 is 1.04 bits per heavy atom. The summed E-state index contributed by atoms with van der Waals surface area (Å²) in [5.74, 6) is 0.728. The maximum atomic E-state index is 5.19. The van der Waals surface area contributed by atoms with Crippen molar-refractivity contribution >= 4 is 65.0 Å². The van der Waals surface area contributed by atoms with Gasteiger partial charge in [-0.3, -0.25) is 0 Å². The van der Waals surface area contributed by atoms with E-state index in [1.165, 1.54) is 54.1 Å². The minimum atomic E-state index is 0.728. The largest absolute Gasteiger partial charge is 0.309 e.